The van der Waals surface area contributed by atoms with E-state index in [1.807, 2.05) is 11.8 Å². The quantitative estimate of drug-likeness (QED) is 0.546. The summed E-state index contributed by atoms with van der Waals surface area (Å²) in [5.74, 6) is 2.43. The Morgan fingerprint density at radius 2 is 2.14 bits per heavy atom. The molecule has 1 rings (SSSR count). The molecule has 0 saturated heterocycles. The molecule has 0 amide bonds. The Bertz CT molecular complexity index is 260. The second-order valence-corrected chi connectivity index (χ2v) is 5.34. The van der Waals surface area contributed by atoms with E-state index in [9.17, 15) is 0 Å². The number of rotatable bonds is 6. The molecule has 0 unspecified atom stereocenters. The molecule has 0 heterocycles. The van der Waals surface area contributed by atoms with E-state index >= 15 is 0 Å². The monoisotopic (exact) mass is 272 g/mol. The van der Waals surface area contributed by atoms with Gasteiger partial charge in [0.15, 0.2) is 0 Å². The molecular formula is C12H17BrS. The van der Waals surface area contributed by atoms with Crippen molar-refractivity contribution in [3.8, 4) is 0 Å². The molecule has 0 atom stereocenters. The number of thioether (sulfide) groups is 1. The van der Waals surface area contributed by atoms with Crippen LogP contribution in [0.25, 0.3) is 0 Å². The van der Waals surface area contributed by atoms with Gasteiger partial charge in [0.25, 0.3) is 0 Å². The fourth-order valence-corrected chi connectivity index (χ4v) is 2.65. The van der Waals surface area contributed by atoms with Crippen molar-refractivity contribution in [3.05, 3.63) is 35.4 Å². The van der Waals surface area contributed by atoms with Crippen LogP contribution in [0.3, 0.4) is 0 Å². The first-order valence-corrected chi connectivity index (χ1v) is 7.30. The molecule has 0 nitrogen and oxygen atoms in total. The summed E-state index contributed by atoms with van der Waals surface area (Å²) in [6.07, 6.45) is 2.61. The number of halogens is 1. The highest BCUT2D eigenvalue weighted by Gasteiger charge is 1.94. The van der Waals surface area contributed by atoms with Gasteiger partial charge in [-0.25, -0.2) is 0 Å². The van der Waals surface area contributed by atoms with Gasteiger partial charge in [0.2, 0.25) is 0 Å². The Kier molecular flexibility index (Phi) is 6.37. The molecule has 0 bridgehead atoms. The predicted molar refractivity (Wildman–Crippen MR) is 70.4 cm³/mol. The number of hydrogen-bond acceptors (Lipinski definition) is 1. The van der Waals surface area contributed by atoms with Gasteiger partial charge in [-0.15, -0.1) is 0 Å². The molecule has 0 aromatic heterocycles. The van der Waals surface area contributed by atoms with Gasteiger partial charge in [-0.3, -0.25) is 0 Å². The van der Waals surface area contributed by atoms with E-state index < -0.39 is 0 Å². The van der Waals surface area contributed by atoms with E-state index in [0.29, 0.717) is 0 Å². The topological polar surface area (TPSA) is 0 Å². The molecule has 0 saturated carbocycles. The second kappa shape index (κ2) is 7.36. The van der Waals surface area contributed by atoms with Gasteiger partial charge in [-0.05, 0) is 31.1 Å². The van der Waals surface area contributed by atoms with Crippen LogP contribution < -0.4 is 0 Å². The van der Waals surface area contributed by atoms with Crippen molar-refractivity contribution in [1.29, 1.82) is 0 Å². The van der Waals surface area contributed by atoms with Crippen molar-refractivity contribution < 1.29 is 0 Å². The van der Waals surface area contributed by atoms with Crippen molar-refractivity contribution in [2.24, 2.45) is 0 Å². The minimum Gasteiger partial charge on any atom is -0.157 e. The van der Waals surface area contributed by atoms with Crippen LogP contribution >= 0.6 is 27.7 Å². The zero-order chi connectivity index (χ0) is 10.2. The van der Waals surface area contributed by atoms with Gasteiger partial charge in [-0.1, -0.05) is 45.8 Å². The second-order valence-electron chi connectivity index (χ2n) is 3.44. The molecule has 2 heteroatoms. The molecule has 1 aromatic rings. The molecule has 0 spiro atoms. The first-order valence-electron chi connectivity index (χ1n) is 5.02. The number of benzene rings is 1. The molecule has 0 aliphatic carbocycles. The summed E-state index contributed by atoms with van der Waals surface area (Å²) in [5.41, 5.74) is 2.82. The Balaban J connectivity index is 2.18. The fraction of sp³-hybridized carbons (Fsp3) is 0.500. The van der Waals surface area contributed by atoms with Crippen LogP contribution in [0.5, 0.6) is 0 Å². The maximum absolute atomic E-state index is 3.45. The van der Waals surface area contributed by atoms with Crippen LogP contribution in [0.2, 0.25) is 0 Å². The molecule has 78 valence electrons. The lowest BCUT2D eigenvalue weighted by molar-refractivity contribution is 0.912. The molecule has 0 aliphatic rings. The summed E-state index contributed by atoms with van der Waals surface area (Å²) in [6, 6.07) is 8.78. The van der Waals surface area contributed by atoms with E-state index in [4.69, 9.17) is 0 Å². The van der Waals surface area contributed by atoms with Crippen LogP contribution in [0.4, 0.5) is 0 Å². The van der Waals surface area contributed by atoms with E-state index in [1.165, 1.54) is 29.7 Å². The zero-order valence-electron chi connectivity index (χ0n) is 8.63. The van der Waals surface area contributed by atoms with Crippen LogP contribution in [0.1, 0.15) is 24.0 Å². The lowest BCUT2D eigenvalue weighted by atomic mass is 10.2. The minimum atomic E-state index is 1.14. The summed E-state index contributed by atoms with van der Waals surface area (Å²) in [4.78, 5) is 0. The molecule has 14 heavy (non-hydrogen) atoms. The van der Waals surface area contributed by atoms with Crippen molar-refractivity contribution in [2.75, 3.05) is 11.1 Å². The van der Waals surface area contributed by atoms with Crippen molar-refractivity contribution in [1.82, 2.24) is 0 Å². The van der Waals surface area contributed by atoms with Crippen molar-refractivity contribution >= 4 is 27.7 Å². The average Bonchev–Trinajstić information content (AvgIpc) is 2.18. The first-order chi connectivity index (χ1) is 6.83. The minimum absolute atomic E-state index is 1.14. The smallest absolute Gasteiger partial charge is 0.0184 e. The summed E-state index contributed by atoms with van der Waals surface area (Å²) in [6.45, 7) is 2.15. The maximum Gasteiger partial charge on any atom is 0.0184 e. The SMILES string of the molecule is Cc1cccc(CSCCCCBr)c1. The van der Waals surface area contributed by atoms with Crippen molar-refractivity contribution in [2.45, 2.75) is 25.5 Å². The summed E-state index contributed by atoms with van der Waals surface area (Å²) in [5, 5.41) is 1.14. The van der Waals surface area contributed by atoms with Gasteiger partial charge < -0.3 is 0 Å². The first kappa shape index (κ1) is 12.1. The lowest BCUT2D eigenvalue weighted by Gasteiger charge is -2.02. The number of alkyl halides is 1. The molecule has 1 aromatic carbocycles. The Labute approximate surface area is 99.6 Å². The van der Waals surface area contributed by atoms with Crippen LogP contribution in [0, 0.1) is 6.92 Å². The van der Waals surface area contributed by atoms with Gasteiger partial charge in [0, 0.05) is 11.1 Å². The van der Waals surface area contributed by atoms with Gasteiger partial charge in [-0.2, -0.15) is 11.8 Å². The molecule has 0 radical (unpaired) electrons. The molecule has 0 aliphatic heterocycles. The summed E-state index contributed by atoms with van der Waals surface area (Å²) in [7, 11) is 0. The molecule has 0 fully saturated rings. The third-order valence-corrected chi connectivity index (χ3v) is 3.70. The van der Waals surface area contributed by atoms with Gasteiger partial charge in [0.1, 0.15) is 0 Å². The van der Waals surface area contributed by atoms with E-state index in [1.54, 1.807) is 0 Å². The molecular weight excluding hydrogens is 256 g/mol. The van der Waals surface area contributed by atoms with Gasteiger partial charge >= 0.3 is 0 Å². The zero-order valence-corrected chi connectivity index (χ0v) is 11.0. The maximum atomic E-state index is 3.45. The summed E-state index contributed by atoms with van der Waals surface area (Å²) >= 11 is 5.48. The van der Waals surface area contributed by atoms with Crippen LogP contribution in [0.15, 0.2) is 24.3 Å². The van der Waals surface area contributed by atoms with E-state index in [0.717, 1.165) is 11.1 Å². The third kappa shape index (κ3) is 5.06. The van der Waals surface area contributed by atoms with Crippen LogP contribution in [-0.2, 0) is 5.75 Å². The number of aryl methyl sites for hydroxylation is 1. The number of hydrogen-bond donors (Lipinski definition) is 0. The summed E-state index contributed by atoms with van der Waals surface area (Å²) < 4.78 is 0. The Morgan fingerprint density at radius 3 is 2.86 bits per heavy atom. The third-order valence-electron chi connectivity index (χ3n) is 2.02. The molecule has 0 N–H and O–H groups in total. The standard InChI is InChI=1S/C12H17BrS/c1-11-5-4-6-12(9-11)10-14-8-3-2-7-13/h4-6,9H,2-3,7-8,10H2,1H3. The highest BCUT2D eigenvalue weighted by Crippen LogP contribution is 2.15. The van der Waals surface area contributed by atoms with Gasteiger partial charge in [0.05, 0.1) is 0 Å². The van der Waals surface area contributed by atoms with E-state index in [2.05, 4.69) is 47.1 Å². The average molecular weight is 273 g/mol. The Morgan fingerprint density at radius 1 is 1.29 bits per heavy atom. The highest BCUT2D eigenvalue weighted by atomic mass is 79.9. The number of unbranched alkanes of at least 4 members (excludes halogenated alkanes) is 1. The lowest BCUT2D eigenvalue weighted by Crippen LogP contribution is -1.85. The van der Waals surface area contributed by atoms with E-state index in [-0.39, 0.29) is 0 Å². The highest BCUT2D eigenvalue weighted by molar-refractivity contribution is 9.09. The largest absolute Gasteiger partial charge is 0.157 e. The predicted octanol–water partition coefficient (Wildman–Crippen LogP) is 4.40. The van der Waals surface area contributed by atoms with Crippen molar-refractivity contribution in [3.63, 3.8) is 0 Å². The van der Waals surface area contributed by atoms with Crippen LogP contribution in [-0.4, -0.2) is 11.1 Å². The fourth-order valence-electron chi connectivity index (χ4n) is 1.29. The Hall–Kier alpha value is 0.0500. The normalized spacial score (nSPS) is 10.4.